The number of carbonyl (C=O) groups is 1. The van der Waals surface area contributed by atoms with Crippen LogP contribution in [-0.4, -0.2) is 49.1 Å². The summed E-state index contributed by atoms with van der Waals surface area (Å²) in [5.41, 5.74) is 4.22. The fourth-order valence-electron chi connectivity index (χ4n) is 3.75. The summed E-state index contributed by atoms with van der Waals surface area (Å²) in [4.78, 5) is 17.1. The summed E-state index contributed by atoms with van der Waals surface area (Å²) in [6.07, 6.45) is 0. The van der Waals surface area contributed by atoms with Gasteiger partial charge in [0.15, 0.2) is 0 Å². The van der Waals surface area contributed by atoms with Crippen LogP contribution in [0.25, 0.3) is 11.1 Å². The summed E-state index contributed by atoms with van der Waals surface area (Å²) < 4.78 is 5.22. The Morgan fingerprint density at radius 3 is 2.23 bits per heavy atom. The van der Waals surface area contributed by atoms with Gasteiger partial charge in [0, 0.05) is 38.3 Å². The van der Waals surface area contributed by atoms with Gasteiger partial charge in [0.05, 0.1) is 12.8 Å². The van der Waals surface area contributed by atoms with Crippen molar-refractivity contribution in [3.05, 3.63) is 84.4 Å². The molecule has 0 atom stereocenters. The number of piperazine rings is 1. The van der Waals surface area contributed by atoms with E-state index >= 15 is 0 Å². The zero-order valence-corrected chi connectivity index (χ0v) is 17.3. The zero-order valence-electron chi connectivity index (χ0n) is 17.3. The molecule has 1 aliphatic rings. The van der Waals surface area contributed by atoms with E-state index in [1.54, 1.807) is 7.11 Å². The molecule has 3 aromatic carbocycles. The number of ether oxygens (including phenoxy) is 1. The number of rotatable bonds is 5. The van der Waals surface area contributed by atoms with Crippen LogP contribution in [-0.2, 0) is 6.54 Å². The van der Waals surface area contributed by atoms with Gasteiger partial charge in [-0.1, -0.05) is 60.7 Å². The number of nitrogens with zero attached hydrogens (tertiary/aromatic N) is 2. The highest BCUT2D eigenvalue weighted by molar-refractivity contribution is 5.94. The SMILES string of the molecule is COc1ccc(CN2CCN(C(=O)Nc3ccccc3-c3ccccc3)CC2)cc1. The van der Waals surface area contributed by atoms with Gasteiger partial charge in [-0.25, -0.2) is 4.79 Å². The summed E-state index contributed by atoms with van der Waals surface area (Å²) in [7, 11) is 1.68. The monoisotopic (exact) mass is 401 g/mol. The third kappa shape index (κ3) is 4.81. The molecule has 1 fully saturated rings. The number of urea groups is 1. The van der Waals surface area contributed by atoms with Gasteiger partial charge in [0.25, 0.3) is 0 Å². The number of hydrogen-bond donors (Lipinski definition) is 1. The zero-order chi connectivity index (χ0) is 20.8. The number of carbonyl (C=O) groups excluding carboxylic acids is 1. The normalized spacial score (nSPS) is 14.4. The largest absolute Gasteiger partial charge is 0.497 e. The Morgan fingerprint density at radius 2 is 1.53 bits per heavy atom. The lowest BCUT2D eigenvalue weighted by Crippen LogP contribution is -2.49. The molecule has 0 aromatic heterocycles. The van der Waals surface area contributed by atoms with E-state index < -0.39 is 0 Å². The molecule has 1 heterocycles. The molecular weight excluding hydrogens is 374 g/mol. The Balaban J connectivity index is 1.34. The van der Waals surface area contributed by atoms with Crippen LogP contribution in [0.3, 0.4) is 0 Å². The summed E-state index contributed by atoms with van der Waals surface area (Å²) in [5, 5.41) is 3.11. The van der Waals surface area contributed by atoms with Gasteiger partial charge in [-0.15, -0.1) is 0 Å². The van der Waals surface area contributed by atoms with Gasteiger partial charge < -0.3 is 15.0 Å². The van der Waals surface area contributed by atoms with E-state index in [2.05, 4.69) is 34.5 Å². The van der Waals surface area contributed by atoms with Crippen molar-refractivity contribution in [2.45, 2.75) is 6.54 Å². The van der Waals surface area contributed by atoms with Gasteiger partial charge in [-0.3, -0.25) is 4.90 Å². The minimum atomic E-state index is -0.0394. The van der Waals surface area contributed by atoms with E-state index in [9.17, 15) is 4.79 Å². The molecule has 4 rings (SSSR count). The molecule has 0 spiro atoms. The predicted molar refractivity (Wildman–Crippen MR) is 121 cm³/mol. The maximum Gasteiger partial charge on any atom is 0.321 e. The van der Waals surface area contributed by atoms with Gasteiger partial charge in [-0.05, 0) is 29.3 Å². The Morgan fingerprint density at radius 1 is 0.867 bits per heavy atom. The molecule has 30 heavy (non-hydrogen) atoms. The number of methoxy groups -OCH3 is 1. The first-order chi connectivity index (χ1) is 14.7. The lowest BCUT2D eigenvalue weighted by Gasteiger charge is -2.34. The fourth-order valence-corrected chi connectivity index (χ4v) is 3.75. The Kier molecular flexibility index (Phi) is 6.30. The van der Waals surface area contributed by atoms with E-state index in [1.807, 2.05) is 59.5 Å². The summed E-state index contributed by atoms with van der Waals surface area (Å²) in [6, 6.07) is 26.2. The van der Waals surface area contributed by atoms with Gasteiger partial charge >= 0.3 is 6.03 Å². The van der Waals surface area contributed by atoms with E-state index in [1.165, 1.54) is 5.56 Å². The fraction of sp³-hybridized carbons (Fsp3) is 0.240. The molecule has 2 amide bonds. The average molecular weight is 402 g/mol. The van der Waals surface area contributed by atoms with Gasteiger partial charge in [0.2, 0.25) is 0 Å². The van der Waals surface area contributed by atoms with Crippen LogP contribution in [0.4, 0.5) is 10.5 Å². The first-order valence-corrected chi connectivity index (χ1v) is 10.3. The van der Waals surface area contributed by atoms with Crippen molar-refractivity contribution in [2.75, 3.05) is 38.6 Å². The van der Waals surface area contributed by atoms with Crippen molar-refractivity contribution >= 4 is 11.7 Å². The van der Waals surface area contributed by atoms with Crippen molar-refractivity contribution in [1.29, 1.82) is 0 Å². The summed E-state index contributed by atoms with van der Waals surface area (Å²) in [6.45, 7) is 4.04. The van der Waals surface area contributed by atoms with Crippen LogP contribution in [0.2, 0.25) is 0 Å². The van der Waals surface area contributed by atoms with Crippen molar-refractivity contribution in [1.82, 2.24) is 9.80 Å². The molecule has 0 saturated carbocycles. The Labute approximate surface area is 177 Å². The number of anilines is 1. The molecular formula is C25H27N3O2. The van der Waals surface area contributed by atoms with Crippen LogP contribution in [0.1, 0.15) is 5.56 Å². The molecule has 1 N–H and O–H groups in total. The second-order valence-electron chi connectivity index (χ2n) is 7.45. The number of hydrogen-bond acceptors (Lipinski definition) is 3. The first kappa shape index (κ1) is 20.0. The minimum Gasteiger partial charge on any atom is -0.497 e. The average Bonchev–Trinajstić information content (AvgIpc) is 2.81. The maximum absolute atomic E-state index is 12.9. The molecule has 0 radical (unpaired) electrons. The quantitative estimate of drug-likeness (QED) is 0.673. The van der Waals surface area contributed by atoms with E-state index in [0.717, 1.165) is 55.3 Å². The Hall–Kier alpha value is -3.31. The van der Waals surface area contributed by atoms with Crippen LogP contribution in [0.5, 0.6) is 5.75 Å². The van der Waals surface area contributed by atoms with Crippen LogP contribution >= 0.6 is 0 Å². The topological polar surface area (TPSA) is 44.8 Å². The highest BCUT2D eigenvalue weighted by Crippen LogP contribution is 2.27. The van der Waals surface area contributed by atoms with Crippen molar-refractivity contribution in [3.8, 4) is 16.9 Å². The molecule has 1 aliphatic heterocycles. The van der Waals surface area contributed by atoms with Crippen LogP contribution < -0.4 is 10.1 Å². The molecule has 1 saturated heterocycles. The lowest BCUT2D eigenvalue weighted by atomic mass is 10.0. The summed E-state index contributed by atoms with van der Waals surface area (Å²) >= 11 is 0. The first-order valence-electron chi connectivity index (χ1n) is 10.3. The highest BCUT2D eigenvalue weighted by Gasteiger charge is 2.22. The van der Waals surface area contributed by atoms with Gasteiger partial charge in [-0.2, -0.15) is 0 Å². The van der Waals surface area contributed by atoms with Gasteiger partial charge in [0.1, 0.15) is 5.75 Å². The number of amides is 2. The standard InChI is InChI=1S/C25H27N3O2/c1-30-22-13-11-20(12-14-22)19-27-15-17-28(18-16-27)25(29)26-24-10-6-5-9-23(24)21-7-3-2-4-8-21/h2-14H,15-19H2,1H3,(H,26,29). The molecule has 5 nitrogen and oxygen atoms in total. The Bertz CT molecular complexity index is 965. The third-order valence-electron chi connectivity index (χ3n) is 5.48. The maximum atomic E-state index is 12.9. The van der Waals surface area contributed by atoms with Crippen molar-refractivity contribution in [3.63, 3.8) is 0 Å². The second kappa shape index (κ2) is 9.46. The van der Waals surface area contributed by atoms with E-state index in [-0.39, 0.29) is 6.03 Å². The minimum absolute atomic E-state index is 0.0394. The van der Waals surface area contributed by atoms with E-state index in [4.69, 9.17) is 4.74 Å². The van der Waals surface area contributed by atoms with Crippen molar-refractivity contribution < 1.29 is 9.53 Å². The predicted octanol–water partition coefficient (Wildman–Crippen LogP) is 4.71. The third-order valence-corrected chi connectivity index (χ3v) is 5.48. The second-order valence-corrected chi connectivity index (χ2v) is 7.45. The lowest BCUT2D eigenvalue weighted by molar-refractivity contribution is 0.143. The molecule has 0 bridgehead atoms. The number of benzene rings is 3. The van der Waals surface area contributed by atoms with E-state index in [0.29, 0.717) is 0 Å². The molecule has 5 heteroatoms. The molecule has 154 valence electrons. The number of nitrogens with one attached hydrogen (secondary N) is 1. The highest BCUT2D eigenvalue weighted by atomic mass is 16.5. The van der Waals surface area contributed by atoms with Crippen molar-refractivity contribution in [2.24, 2.45) is 0 Å². The molecule has 3 aromatic rings. The number of para-hydroxylation sites is 1. The molecule has 0 unspecified atom stereocenters. The summed E-state index contributed by atoms with van der Waals surface area (Å²) in [5.74, 6) is 0.871. The molecule has 0 aliphatic carbocycles. The smallest absolute Gasteiger partial charge is 0.321 e. The van der Waals surface area contributed by atoms with Crippen LogP contribution in [0, 0.1) is 0 Å². The van der Waals surface area contributed by atoms with Crippen LogP contribution in [0.15, 0.2) is 78.9 Å².